The molecule has 2 N–H and O–H groups in total. The molecule has 0 saturated carbocycles. The van der Waals surface area contributed by atoms with E-state index in [1.54, 1.807) is 42.5 Å². The maximum atomic E-state index is 11.6. The molecular formula is C14H11NO3. The van der Waals surface area contributed by atoms with E-state index in [2.05, 4.69) is 0 Å². The lowest BCUT2D eigenvalue weighted by Crippen LogP contribution is -2.10. The Kier molecular flexibility index (Phi) is 3.38. The van der Waals surface area contributed by atoms with Crippen molar-refractivity contribution in [2.24, 2.45) is 5.73 Å². The molecule has 1 aromatic heterocycles. The normalized spacial score (nSPS) is 10.7. The van der Waals surface area contributed by atoms with Crippen LogP contribution in [0.4, 0.5) is 0 Å². The van der Waals surface area contributed by atoms with Crippen LogP contribution < -0.4 is 5.73 Å². The smallest absolute Gasteiger partial charge is 0.248 e. The minimum Gasteiger partial charge on any atom is -0.461 e. The van der Waals surface area contributed by atoms with Gasteiger partial charge in [0.2, 0.25) is 11.7 Å². The molecule has 0 spiro atoms. The number of carbonyl (C=O) groups excluding carboxylic acids is 2. The Bertz CT molecular complexity index is 580. The molecule has 0 atom stereocenters. The van der Waals surface area contributed by atoms with Gasteiger partial charge in [0.25, 0.3) is 0 Å². The summed E-state index contributed by atoms with van der Waals surface area (Å²) in [5.74, 6) is -0.392. The lowest BCUT2D eigenvalue weighted by molar-refractivity contribution is 0.0997. The second kappa shape index (κ2) is 5.14. The summed E-state index contributed by atoms with van der Waals surface area (Å²) in [6.07, 6.45) is 4.51. The van der Waals surface area contributed by atoms with Crippen molar-refractivity contribution in [3.8, 4) is 0 Å². The number of amides is 1. The minimum absolute atomic E-state index is 0.209. The number of hydrogen-bond acceptors (Lipinski definition) is 3. The Morgan fingerprint density at radius 2 is 1.83 bits per heavy atom. The predicted octanol–water partition coefficient (Wildman–Crippen LogP) is 2.27. The van der Waals surface area contributed by atoms with Crippen LogP contribution in [0.2, 0.25) is 0 Å². The fraction of sp³-hybridized carbons (Fsp3) is 0. The number of ketones is 1. The molecule has 0 radical (unpaired) electrons. The van der Waals surface area contributed by atoms with Gasteiger partial charge in [0.1, 0.15) is 0 Å². The fourth-order valence-corrected chi connectivity index (χ4v) is 1.43. The number of carbonyl (C=O) groups is 2. The van der Waals surface area contributed by atoms with Crippen molar-refractivity contribution >= 4 is 17.8 Å². The van der Waals surface area contributed by atoms with Crippen LogP contribution in [-0.4, -0.2) is 11.7 Å². The molecule has 4 heteroatoms. The highest BCUT2D eigenvalue weighted by Crippen LogP contribution is 2.08. The summed E-state index contributed by atoms with van der Waals surface area (Å²) in [6.45, 7) is 0. The van der Waals surface area contributed by atoms with Crippen LogP contribution in [0.3, 0.4) is 0 Å². The minimum atomic E-state index is -0.475. The summed E-state index contributed by atoms with van der Waals surface area (Å²) in [5, 5.41) is 0. The average Bonchev–Trinajstić information content (AvgIpc) is 2.90. The third-order valence-electron chi connectivity index (χ3n) is 2.39. The molecule has 0 aliphatic heterocycles. The van der Waals surface area contributed by atoms with Crippen LogP contribution in [0.15, 0.2) is 53.2 Å². The van der Waals surface area contributed by atoms with Crippen molar-refractivity contribution in [2.75, 3.05) is 0 Å². The summed E-state index contributed by atoms with van der Waals surface area (Å²) >= 11 is 0. The lowest BCUT2D eigenvalue weighted by atomic mass is 10.1. The van der Waals surface area contributed by atoms with Gasteiger partial charge < -0.3 is 10.2 Å². The molecule has 0 aliphatic carbocycles. The molecule has 1 heterocycles. The molecule has 0 saturated heterocycles. The van der Waals surface area contributed by atoms with Gasteiger partial charge in [-0.25, -0.2) is 0 Å². The molecule has 18 heavy (non-hydrogen) atoms. The SMILES string of the molecule is NC(=O)c1ccc(C=CC(=O)c2ccco2)cc1. The van der Waals surface area contributed by atoms with E-state index >= 15 is 0 Å². The highest BCUT2D eigenvalue weighted by atomic mass is 16.3. The standard InChI is InChI=1S/C14H11NO3/c15-14(17)11-6-3-10(4-7-11)5-8-12(16)13-2-1-9-18-13/h1-9H,(H2,15,17). The van der Waals surface area contributed by atoms with Gasteiger partial charge in [0.05, 0.1) is 6.26 Å². The molecule has 1 aromatic carbocycles. The molecule has 2 aromatic rings. The van der Waals surface area contributed by atoms with E-state index in [9.17, 15) is 9.59 Å². The molecule has 90 valence electrons. The van der Waals surface area contributed by atoms with E-state index in [0.29, 0.717) is 11.3 Å². The third kappa shape index (κ3) is 2.74. The van der Waals surface area contributed by atoms with Crippen molar-refractivity contribution in [3.63, 3.8) is 0 Å². The van der Waals surface area contributed by atoms with Gasteiger partial charge in [-0.05, 0) is 35.9 Å². The number of benzene rings is 1. The summed E-state index contributed by atoms with van der Waals surface area (Å²) in [6, 6.07) is 9.91. The highest BCUT2D eigenvalue weighted by Gasteiger charge is 2.03. The molecule has 1 amide bonds. The maximum absolute atomic E-state index is 11.6. The van der Waals surface area contributed by atoms with Gasteiger partial charge in [-0.15, -0.1) is 0 Å². The summed E-state index contributed by atoms with van der Waals surface area (Å²) in [4.78, 5) is 22.5. The van der Waals surface area contributed by atoms with Crippen LogP contribution in [-0.2, 0) is 0 Å². The van der Waals surface area contributed by atoms with E-state index in [1.807, 2.05) is 0 Å². The van der Waals surface area contributed by atoms with Crippen molar-refractivity contribution in [1.29, 1.82) is 0 Å². The van der Waals surface area contributed by atoms with Gasteiger partial charge in [-0.2, -0.15) is 0 Å². The number of primary amides is 1. The first-order valence-electron chi connectivity index (χ1n) is 5.32. The molecule has 0 aliphatic rings. The molecule has 2 rings (SSSR count). The summed E-state index contributed by atoms with van der Waals surface area (Å²) < 4.78 is 4.97. The Morgan fingerprint density at radius 3 is 2.39 bits per heavy atom. The second-order valence-corrected chi connectivity index (χ2v) is 3.66. The number of rotatable bonds is 4. The quantitative estimate of drug-likeness (QED) is 0.659. The van der Waals surface area contributed by atoms with Crippen LogP contribution in [0, 0.1) is 0 Å². The number of nitrogens with two attached hydrogens (primary N) is 1. The van der Waals surface area contributed by atoms with E-state index in [4.69, 9.17) is 10.2 Å². The van der Waals surface area contributed by atoms with Crippen molar-refractivity contribution in [3.05, 3.63) is 65.6 Å². The van der Waals surface area contributed by atoms with E-state index in [1.165, 1.54) is 12.3 Å². The van der Waals surface area contributed by atoms with Gasteiger partial charge in [0, 0.05) is 5.56 Å². The monoisotopic (exact) mass is 241 g/mol. The first kappa shape index (κ1) is 11.9. The first-order valence-corrected chi connectivity index (χ1v) is 5.32. The summed E-state index contributed by atoms with van der Waals surface area (Å²) in [5.41, 5.74) is 6.37. The zero-order chi connectivity index (χ0) is 13.0. The van der Waals surface area contributed by atoms with Crippen molar-refractivity contribution < 1.29 is 14.0 Å². The molecule has 0 fully saturated rings. The predicted molar refractivity (Wildman–Crippen MR) is 67.0 cm³/mol. The van der Waals surface area contributed by atoms with Crippen LogP contribution >= 0.6 is 0 Å². The zero-order valence-electron chi connectivity index (χ0n) is 9.50. The van der Waals surface area contributed by atoms with Crippen LogP contribution in [0.25, 0.3) is 6.08 Å². The number of furan rings is 1. The Hall–Kier alpha value is -2.62. The van der Waals surface area contributed by atoms with Gasteiger partial charge in [0.15, 0.2) is 5.76 Å². The second-order valence-electron chi connectivity index (χ2n) is 3.66. The first-order chi connectivity index (χ1) is 8.66. The Morgan fingerprint density at radius 1 is 1.11 bits per heavy atom. The molecule has 0 bridgehead atoms. The molecule has 0 unspecified atom stereocenters. The Balaban J connectivity index is 2.09. The largest absolute Gasteiger partial charge is 0.461 e. The maximum Gasteiger partial charge on any atom is 0.248 e. The van der Waals surface area contributed by atoms with Crippen LogP contribution in [0.1, 0.15) is 26.5 Å². The fourth-order valence-electron chi connectivity index (χ4n) is 1.43. The lowest BCUT2D eigenvalue weighted by Gasteiger charge is -1.96. The third-order valence-corrected chi connectivity index (χ3v) is 2.39. The topological polar surface area (TPSA) is 73.3 Å². The molecule has 4 nitrogen and oxygen atoms in total. The van der Waals surface area contributed by atoms with Gasteiger partial charge in [-0.3, -0.25) is 9.59 Å². The highest BCUT2D eigenvalue weighted by molar-refractivity contribution is 6.04. The molecular weight excluding hydrogens is 230 g/mol. The van der Waals surface area contributed by atoms with E-state index < -0.39 is 5.91 Å². The van der Waals surface area contributed by atoms with Gasteiger partial charge in [-0.1, -0.05) is 18.2 Å². The van der Waals surface area contributed by atoms with Crippen LogP contribution in [0.5, 0.6) is 0 Å². The number of hydrogen-bond donors (Lipinski definition) is 1. The van der Waals surface area contributed by atoms with Crippen molar-refractivity contribution in [1.82, 2.24) is 0 Å². The Labute approximate surface area is 104 Å². The van der Waals surface area contributed by atoms with Crippen molar-refractivity contribution in [2.45, 2.75) is 0 Å². The van der Waals surface area contributed by atoms with E-state index in [-0.39, 0.29) is 5.78 Å². The van der Waals surface area contributed by atoms with E-state index in [0.717, 1.165) is 5.56 Å². The summed E-state index contributed by atoms with van der Waals surface area (Å²) in [7, 11) is 0. The average molecular weight is 241 g/mol. The zero-order valence-corrected chi connectivity index (χ0v) is 9.50. The number of allylic oxidation sites excluding steroid dienone is 1. The van der Waals surface area contributed by atoms with Gasteiger partial charge >= 0.3 is 0 Å².